The van der Waals surface area contributed by atoms with E-state index in [4.69, 9.17) is 14.2 Å². The van der Waals surface area contributed by atoms with Crippen molar-refractivity contribution in [3.8, 4) is 29.1 Å². The van der Waals surface area contributed by atoms with Crippen molar-refractivity contribution in [1.82, 2.24) is 0 Å². The van der Waals surface area contributed by atoms with Gasteiger partial charge in [0.2, 0.25) is 0 Å². The standard InChI is InChI=1S/C37H45FO4/c1-4-6-8-10-11-13-27-40-33-24-20-32(21-25-33)37(39)42-34-22-17-30(18-23-34)15-16-31-19-26-36(35(38)28-31)41-29(3)14-12-9-7-5-2/h17-26,28-29H,4-14,27H2,1-3H3. The molecule has 0 saturated heterocycles. The van der Waals surface area contributed by atoms with Crippen molar-refractivity contribution >= 4 is 5.97 Å². The van der Waals surface area contributed by atoms with Crippen LogP contribution in [0.3, 0.4) is 0 Å². The van der Waals surface area contributed by atoms with Gasteiger partial charge in [-0.2, -0.15) is 0 Å². The topological polar surface area (TPSA) is 44.8 Å². The molecule has 1 atom stereocenters. The SMILES string of the molecule is CCCCCCCCOc1ccc(C(=O)Oc2ccc(C#Cc3ccc(OC(C)CCCCCC)c(F)c3)cc2)cc1. The van der Waals surface area contributed by atoms with Crippen LogP contribution in [0.15, 0.2) is 66.7 Å². The number of hydrogen-bond donors (Lipinski definition) is 0. The van der Waals surface area contributed by atoms with Crippen molar-refractivity contribution in [2.45, 2.75) is 97.5 Å². The van der Waals surface area contributed by atoms with E-state index in [0.717, 1.165) is 30.6 Å². The van der Waals surface area contributed by atoms with Gasteiger partial charge in [0.15, 0.2) is 11.6 Å². The van der Waals surface area contributed by atoms with Crippen molar-refractivity contribution in [2.75, 3.05) is 6.61 Å². The zero-order valence-electron chi connectivity index (χ0n) is 25.4. The van der Waals surface area contributed by atoms with Crippen LogP contribution in [-0.4, -0.2) is 18.7 Å². The lowest BCUT2D eigenvalue weighted by atomic mass is 10.1. The molecule has 1 unspecified atom stereocenters. The first-order valence-electron chi connectivity index (χ1n) is 15.5. The molecule has 0 spiro atoms. The van der Waals surface area contributed by atoms with Gasteiger partial charge in [0.25, 0.3) is 0 Å². The number of rotatable bonds is 17. The number of halogens is 1. The van der Waals surface area contributed by atoms with E-state index in [1.807, 2.05) is 6.92 Å². The second kappa shape index (κ2) is 18.6. The Morgan fingerprint density at radius 1 is 0.738 bits per heavy atom. The van der Waals surface area contributed by atoms with Crippen molar-refractivity contribution in [3.63, 3.8) is 0 Å². The molecule has 3 aromatic rings. The predicted molar refractivity (Wildman–Crippen MR) is 168 cm³/mol. The smallest absolute Gasteiger partial charge is 0.343 e. The molecular weight excluding hydrogens is 527 g/mol. The molecule has 3 aromatic carbocycles. The van der Waals surface area contributed by atoms with E-state index < -0.39 is 11.8 Å². The number of carbonyl (C=O) groups excluding carboxylic acids is 1. The van der Waals surface area contributed by atoms with Crippen LogP contribution in [0.2, 0.25) is 0 Å². The number of esters is 1. The fourth-order valence-electron chi connectivity index (χ4n) is 4.48. The fraction of sp³-hybridized carbons (Fsp3) is 0.432. The van der Waals surface area contributed by atoms with Gasteiger partial charge in [-0.3, -0.25) is 0 Å². The third-order valence-corrected chi connectivity index (χ3v) is 7.00. The van der Waals surface area contributed by atoms with E-state index in [1.165, 1.54) is 57.4 Å². The van der Waals surface area contributed by atoms with E-state index in [1.54, 1.807) is 60.7 Å². The number of ether oxygens (including phenoxy) is 3. The third-order valence-electron chi connectivity index (χ3n) is 7.00. The van der Waals surface area contributed by atoms with E-state index in [9.17, 15) is 9.18 Å². The highest BCUT2D eigenvalue weighted by Crippen LogP contribution is 2.22. The van der Waals surface area contributed by atoms with Crippen molar-refractivity contribution in [3.05, 3.63) is 89.2 Å². The average Bonchev–Trinajstić information content (AvgIpc) is 3.00. The summed E-state index contributed by atoms with van der Waals surface area (Å²) in [5, 5.41) is 0. The number of hydrogen-bond acceptors (Lipinski definition) is 4. The molecule has 0 aliphatic carbocycles. The Morgan fingerprint density at radius 2 is 1.33 bits per heavy atom. The fourth-order valence-corrected chi connectivity index (χ4v) is 4.48. The lowest BCUT2D eigenvalue weighted by Crippen LogP contribution is -2.12. The zero-order valence-corrected chi connectivity index (χ0v) is 25.4. The molecule has 0 heterocycles. The molecule has 0 N–H and O–H groups in total. The summed E-state index contributed by atoms with van der Waals surface area (Å²) < 4.78 is 31.7. The summed E-state index contributed by atoms with van der Waals surface area (Å²) in [4.78, 5) is 12.6. The van der Waals surface area contributed by atoms with Crippen LogP contribution in [-0.2, 0) is 0 Å². The molecule has 0 aliphatic rings. The molecule has 5 heteroatoms. The maximum Gasteiger partial charge on any atom is 0.343 e. The van der Waals surface area contributed by atoms with Gasteiger partial charge in [-0.05, 0) is 92.9 Å². The first-order chi connectivity index (χ1) is 20.5. The van der Waals surface area contributed by atoms with E-state index in [2.05, 4.69) is 25.7 Å². The van der Waals surface area contributed by atoms with E-state index in [-0.39, 0.29) is 11.9 Å². The van der Waals surface area contributed by atoms with Gasteiger partial charge in [-0.1, -0.05) is 77.1 Å². The highest BCUT2D eigenvalue weighted by Gasteiger charge is 2.10. The van der Waals surface area contributed by atoms with Crippen molar-refractivity contribution in [2.24, 2.45) is 0 Å². The summed E-state index contributed by atoms with van der Waals surface area (Å²) in [5.74, 6) is 6.58. The predicted octanol–water partition coefficient (Wildman–Crippen LogP) is 9.92. The van der Waals surface area contributed by atoms with Gasteiger partial charge in [0.05, 0.1) is 18.3 Å². The zero-order chi connectivity index (χ0) is 30.0. The molecule has 0 saturated carbocycles. The molecule has 0 fully saturated rings. The molecule has 224 valence electrons. The highest BCUT2D eigenvalue weighted by atomic mass is 19.1. The molecule has 4 nitrogen and oxygen atoms in total. The largest absolute Gasteiger partial charge is 0.494 e. The lowest BCUT2D eigenvalue weighted by Gasteiger charge is -2.15. The Balaban J connectivity index is 1.45. The average molecular weight is 573 g/mol. The van der Waals surface area contributed by atoms with Crippen LogP contribution in [0, 0.1) is 17.7 Å². The summed E-state index contributed by atoms with van der Waals surface area (Å²) in [7, 11) is 0. The van der Waals surface area contributed by atoms with Gasteiger partial charge in [-0.25, -0.2) is 9.18 Å². The van der Waals surface area contributed by atoms with Crippen LogP contribution in [0.25, 0.3) is 0 Å². The second-order valence-corrected chi connectivity index (χ2v) is 10.7. The molecule has 0 aromatic heterocycles. The maximum absolute atomic E-state index is 14.6. The Hall–Kier alpha value is -3.78. The normalized spacial score (nSPS) is 11.3. The Kier molecular flexibility index (Phi) is 14.5. The maximum atomic E-state index is 14.6. The van der Waals surface area contributed by atoms with Gasteiger partial charge in [-0.15, -0.1) is 0 Å². The lowest BCUT2D eigenvalue weighted by molar-refractivity contribution is 0.0734. The summed E-state index contributed by atoms with van der Waals surface area (Å²) in [5.41, 5.74) is 1.74. The molecule has 3 rings (SSSR count). The Labute approximate surface area is 251 Å². The monoisotopic (exact) mass is 572 g/mol. The Morgan fingerprint density at radius 3 is 2.02 bits per heavy atom. The quantitative estimate of drug-likeness (QED) is 0.0699. The molecule has 42 heavy (non-hydrogen) atoms. The summed E-state index contributed by atoms with van der Waals surface area (Å²) in [6.07, 6.45) is 12.8. The summed E-state index contributed by atoms with van der Waals surface area (Å²) >= 11 is 0. The van der Waals surface area contributed by atoms with Crippen LogP contribution in [0.4, 0.5) is 4.39 Å². The summed E-state index contributed by atoms with van der Waals surface area (Å²) in [6, 6.07) is 18.7. The molecule has 0 bridgehead atoms. The number of benzene rings is 3. The summed E-state index contributed by atoms with van der Waals surface area (Å²) in [6.45, 7) is 7.05. The van der Waals surface area contributed by atoms with Gasteiger partial charge < -0.3 is 14.2 Å². The minimum absolute atomic E-state index is 0.0333. The van der Waals surface area contributed by atoms with Crippen LogP contribution >= 0.6 is 0 Å². The van der Waals surface area contributed by atoms with E-state index in [0.29, 0.717) is 23.5 Å². The van der Waals surface area contributed by atoms with Gasteiger partial charge in [0.1, 0.15) is 11.5 Å². The van der Waals surface area contributed by atoms with Gasteiger partial charge >= 0.3 is 5.97 Å². The van der Waals surface area contributed by atoms with E-state index >= 15 is 0 Å². The minimum Gasteiger partial charge on any atom is -0.494 e. The van der Waals surface area contributed by atoms with Crippen LogP contribution < -0.4 is 14.2 Å². The highest BCUT2D eigenvalue weighted by molar-refractivity contribution is 5.91. The minimum atomic E-state index is -0.440. The number of unbranched alkanes of at least 4 members (excludes halogenated alkanes) is 8. The van der Waals surface area contributed by atoms with Crippen LogP contribution in [0.5, 0.6) is 17.2 Å². The van der Waals surface area contributed by atoms with Crippen molar-refractivity contribution in [1.29, 1.82) is 0 Å². The molecule has 0 radical (unpaired) electrons. The van der Waals surface area contributed by atoms with Crippen LogP contribution in [0.1, 0.15) is 113 Å². The Bertz CT molecular complexity index is 1270. The van der Waals surface area contributed by atoms with Crippen molar-refractivity contribution < 1.29 is 23.4 Å². The number of carbonyl (C=O) groups is 1. The molecule has 0 amide bonds. The second-order valence-electron chi connectivity index (χ2n) is 10.7. The molecule has 0 aliphatic heterocycles. The van der Waals surface area contributed by atoms with Gasteiger partial charge in [0, 0.05) is 11.1 Å². The third kappa shape index (κ3) is 12.0. The first kappa shape index (κ1) is 32.7. The first-order valence-corrected chi connectivity index (χ1v) is 15.5. The molecular formula is C37H45FO4.